The number of carbonyl (C=O) groups excluding carboxylic acids is 2. The second-order valence-electron chi connectivity index (χ2n) is 6.74. The molecular weight excluding hydrogens is 663 g/mol. The Morgan fingerprint density at radius 3 is 1.61 bits per heavy atom. The van der Waals surface area contributed by atoms with Crippen molar-refractivity contribution in [2.24, 2.45) is 0 Å². The lowest BCUT2D eigenvalue weighted by atomic mass is 10.2. The number of amides is 2. The lowest BCUT2D eigenvalue weighted by Crippen LogP contribution is -2.12. The van der Waals surface area contributed by atoms with Crippen LogP contribution in [0.15, 0.2) is 33.2 Å². The molecule has 5 nitrogen and oxygen atoms in total. The van der Waals surface area contributed by atoms with Crippen molar-refractivity contribution >= 4 is 94.2 Å². The van der Waals surface area contributed by atoms with Crippen LogP contribution in [0.1, 0.15) is 58.1 Å². The van der Waals surface area contributed by atoms with Crippen LogP contribution in [0.5, 0.6) is 0 Å². The molecule has 184 valence electrons. The molecule has 0 aliphatic rings. The van der Waals surface area contributed by atoms with Gasteiger partial charge in [-0.25, -0.2) is 0 Å². The predicted octanol–water partition coefficient (Wildman–Crippen LogP) is 8.71. The zero-order valence-electron chi connectivity index (χ0n) is 17.7. The number of carbonyl (C=O) groups is 2. The first-order valence-electron chi connectivity index (χ1n) is 9.89. The normalized spacial score (nSPS) is 9.94. The van der Waals surface area contributed by atoms with Crippen LogP contribution in [-0.2, 0) is 21.5 Å². The van der Waals surface area contributed by atoms with E-state index in [9.17, 15) is 9.59 Å². The topological polar surface area (TPSA) is 78.4 Å². The van der Waals surface area contributed by atoms with Crippen LogP contribution in [-0.4, -0.2) is 16.9 Å². The van der Waals surface area contributed by atoms with E-state index in [-0.39, 0.29) is 25.8 Å². The van der Waals surface area contributed by atoms with E-state index in [0.29, 0.717) is 43.9 Å². The van der Waals surface area contributed by atoms with Crippen molar-refractivity contribution in [1.82, 2.24) is 0 Å². The first kappa shape index (κ1) is 32.4. The standard InChI is InChI=1S/C11H12Br2ClNO.C11H13BrClNO2.CH4/c1-2-3-11(16)15-10-5-9(14)8(13)4-7(10)6-12;1-2-3-11(16)14-10-5-9(13)8(12)4-7(10)6-15;/h4-5H,2-3,6H2,1H3,(H,15,16);4-5,15H,2-3,6H2,1H3,(H,14,16);1H4. The van der Waals surface area contributed by atoms with Crippen molar-refractivity contribution in [2.75, 3.05) is 10.6 Å². The van der Waals surface area contributed by atoms with Crippen molar-refractivity contribution in [1.29, 1.82) is 0 Å². The number of rotatable bonds is 8. The van der Waals surface area contributed by atoms with Crippen LogP contribution in [0.25, 0.3) is 0 Å². The summed E-state index contributed by atoms with van der Waals surface area (Å²) in [6.07, 6.45) is 2.60. The van der Waals surface area contributed by atoms with Gasteiger partial charge in [0.15, 0.2) is 0 Å². The molecule has 0 aliphatic carbocycles. The van der Waals surface area contributed by atoms with Crippen molar-refractivity contribution < 1.29 is 14.7 Å². The summed E-state index contributed by atoms with van der Waals surface area (Å²) in [7, 11) is 0. The number of alkyl halides is 1. The number of benzene rings is 2. The van der Waals surface area contributed by atoms with Gasteiger partial charge in [-0.15, -0.1) is 0 Å². The Balaban J connectivity index is 0.000000602. The predicted molar refractivity (Wildman–Crippen MR) is 151 cm³/mol. The molecule has 0 spiro atoms. The van der Waals surface area contributed by atoms with Gasteiger partial charge in [0.2, 0.25) is 11.8 Å². The summed E-state index contributed by atoms with van der Waals surface area (Å²) >= 11 is 21.9. The van der Waals surface area contributed by atoms with Gasteiger partial charge < -0.3 is 15.7 Å². The Hall–Kier alpha value is -0.640. The maximum Gasteiger partial charge on any atom is 0.224 e. The average Bonchev–Trinajstić information content (AvgIpc) is 2.73. The van der Waals surface area contributed by atoms with Crippen LogP contribution in [0.2, 0.25) is 10.0 Å². The molecule has 2 aromatic rings. The van der Waals surface area contributed by atoms with Gasteiger partial charge in [-0.1, -0.05) is 60.4 Å². The summed E-state index contributed by atoms with van der Waals surface area (Å²) in [5.41, 5.74) is 2.97. The smallest absolute Gasteiger partial charge is 0.224 e. The Bertz CT molecular complexity index is 868. The first-order valence-corrected chi connectivity index (χ1v) is 13.3. The minimum absolute atomic E-state index is 0. The lowest BCUT2D eigenvalue weighted by Gasteiger charge is -2.10. The third-order valence-corrected chi connectivity index (χ3v) is 7.11. The van der Waals surface area contributed by atoms with Crippen LogP contribution >= 0.6 is 71.0 Å². The largest absolute Gasteiger partial charge is 0.392 e. The molecule has 2 aromatic carbocycles. The third-order valence-electron chi connectivity index (χ3n) is 4.11. The number of nitrogens with one attached hydrogen (secondary N) is 2. The van der Waals surface area contributed by atoms with E-state index in [0.717, 1.165) is 28.6 Å². The molecule has 2 amide bonds. The van der Waals surface area contributed by atoms with Crippen molar-refractivity contribution in [3.8, 4) is 0 Å². The van der Waals surface area contributed by atoms with Gasteiger partial charge in [-0.05, 0) is 74.5 Å². The highest BCUT2D eigenvalue weighted by atomic mass is 79.9. The number of hydrogen-bond acceptors (Lipinski definition) is 3. The molecule has 0 radical (unpaired) electrons. The second kappa shape index (κ2) is 16.9. The molecule has 0 aliphatic heterocycles. The molecule has 10 heteroatoms. The van der Waals surface area contributed by atoms with Gasteiger partial charge in [0.25, 0.3) is 0 Å². The fourth-order valence-corrected chi connectivity index (χ4v) is 4.10. The van der Waals surface area contributed by atoms with Gasteiger partial charge in [0, 0.05) is 44.1 Å². The van der Waals surface area contributed by atoms with E-state index in [1.807, 2.05) is 19.9 Å². The molecular formula is C23H29Br3Cl2N2O3. The highest BCUT2D eigenvalue weighted by Crippen LogP contribution is 2.31. The molecule has 0 unspecified atom stereocenters. The molecule has 0 fully saturated rings. The fraction of sp³-hybridized carbons (Fsp3) is 0.391. The summed E-state index contributed by atoms with van der Waals surface area (Å²) in [6, 6.07) is 6.99. The Morgan fingerprint density at radius 1 is 0.848 bits per heavy atom. The van der Waals surface area contributed by atoms with Gasteiger partial charge >= 0.3 is 0 Å². The second-order valence-corrected chi connectivity index (χ2v) is 9.82. The van der Waals surface area contributed by atoms with Crippen LogP contribution in [0.4, 0.5) is 11.4 Å². The molecule has 0 heterocycles. The van der Waals surface area contributed by atoms with Crippen LogP contribution < -0.4 is 10.6 Å². The van der Waals surface area contributed by atoms with E-state index in [4.69, 9.17) is 28.3 Å². The maximum atomic E-state index is 11.5. The van der Waals surface area contributed by atoms with Gasteiger partial charge in [-0.2, -0.15) is 0 Å². The van der Waals surface area contributed by atoms with Gasteiger partial charge in [0.05, 0.1) is 16.7 Å². The molecule has 0 aromatic heterocycles. The highest BCUT2D eigenvalue weighted by molar-refractivity contribution is 9.11. The van der Waals surface area contributed by atoms with Crippen molar-refractivity contribution in [3.05, 3.63) is 54.4 Å². The number of aliphatic hydroxyl groups excluding tert-OH is 1. The molecule has 0 saturated carbocycles. The van der Waals surface area contributed by atoms with E-state index < -0.39 is 0 Å². The lowest BCUT2D eigenvalue weighted by molar-refractivity contribution is -0.117. The molecule has 0 atom stereocenters. The quantitative estimate of drug-likeness (QED) is 0.243. The minimum Gasteiger partial charge on any atom is -0.392 e. The summed E-state index contributed by atoms with van der Waals surface area (Å²) in [5, 5.41) is 16.5. The summed E-state index contributed by atoms with van der Waals surface area (Å²) in [4.78, 5) is 22.9. The molecule has 0 saturated heterocycles. The number of aliphatic hydroxyl groups is 1. The van der Waals surface area contributed by atoms with Crippen LogP contribution in [0.3, 0.4) is 0 Å². The molecule has 33 heavy (non-hydrogen) atoms. The molecule has 0 bridgehead atoms. The van der Waals surface area contributed by atoms with Crippen LogP contribution in [0, 0.1) is 0 Å². The monoisotopic (exact) mass is 688 g/mol. The zero-order chi connectivity index (χ0) is 24.3. The molecule has 3 N–H and O–H groups in total. The van der Waals surface area contributed by atoms with E-state index in [1.165, 1.54) is 0 Å². The number of halogens is 5. The Labute approximate surface area is 231 Å². The summed E-state index contributed by atoms with van der Waals surface area (Å²) < 4.78 is 1.53. The van der Waals surface area contributed by atoms with E-state index in [2.05, 4.69) is 58.4 Å². The van der Waals surface area contributed by atoms with Gasteiger partial charge in [-0.3, -0.25) is 9.59 Å². The highest BCUT2D eigenvalue weighted by Gasteiger charge is 2.10. The number of anilines is 2. The maximum absolute atomic E-state index is 11.5. The summed E-state index contributed by atoms with van der Waals surface area (Å²) in [5.74, 6) is -0.0568. The van der Waals surface area contributed by atoms with Gasteiger partial charge in [0.1, 0.15) is 0 Å². The summed E-state index contributed by atoms with van der Waals surface area (Å²) in [6.45, 7) is 3.76. The van der Waals surface area contributed by atoms with E-state index >= 15 is 0 Å². The zero-order valence-corrected chi connectivity index (χ0v) is 24.0. The van der Waals surface area contributed by atoms with Crippen molar-refractivity contribution in [2.45, 2.75) is 58.9 Å². The third kappa shape index (κ3) is 11.1. The molecule has 2 rings (SSSR count). The SMILES string of the molecule is C.CCCC(=O)Nc1cc(Cl)c(Br)cc1CBr.CCCC(=O)Nc1cc(Cl)c(Br)cc1CO. The van der Waals surface area contributed by atoms with E-state index in [1.54, 1.807) is 18.2 Å². The number of hydrogen-bond donors (Lipinski definition) is 3. The minimum atomic E-state index is -0.141. The Morgan fingerprint density at radius 2 is 1.24 bits per heavy atom. The Kier molecular flexibility index (Phi) is 16.6. The fourth-order valence-electron chi connectivity index (χ4n) is 2.53. The van der Waals surface area contributed by atoms with Crippen molar-refractivity contribution in [3.63, 3.8) is 0 Å². The first-order chi connectivity index (χ1) is 15.2. The average molecular weight is 692 g/mol.